The predicted molar refractivity (Wildman–Crippen MR) is 121 cm³/mol. The van der Waals surface area contributed by atoms with Crippen molar-refractivity contribution in [1.29, 1.82) is 0 Å². The van der Waals surface area contributed by atoms with E-state index in [9.17, 15) is 9.59 Å². The molecule has 1 amide bonds. The number of ketones is 1. The SMILES string of the molecule is CCC1N(NC(=O)OC)C(C(=O)c2ccc3ccccc3c2)=NN1c1ccc(C)cc1. The highest BCUT2D eigenvalue weighted by Crippen LogP contribution is 2.28. The van der Waals surface area contributed by atoms with Crippen molar-refractivity contribution in [3.05, 3.63) is 77.9 Å². The topological polar surface area (TPSA) is 74.2 Å². The summed E-state index contributed by atoms with van der Waals surface area (Å²) in [6, 6.07) is 21.2. The number of hydrogen-bond donors (Lipinski definition) is 1. The molecule has 3 aromatic carbocycles. The summed E-state index contributed by atoms with van der Waals surface area (Å²) in [4.78, 5) is 25.5. The number of benzene rings is 3. The summed E-state index contributed by atoms with van der Waals surface area (Å²) < 4.78 is 4.78. The van der Waals surface area contributed by atoms with E-state index in [-0.39, 0.29) is 17.8 Å². The molecule has 0 fully saturated rings. The number of hydrazone groups is 1. The van der Waals surface area contributed by atoms with Crippen LogP contribution in [0.5, 0.6) is 0 Å². The third-order valence-electron chi connectivity index (χ3n) is 5.29. The van der Waals surface area contributed by atoms with Gasteiger partial charge in [0, 0.05) is 5.56 Å². The van der Waals surface area contributed by atoms with Crippen LogP contribution in [0.2, 0.25) is 0 Å². The lowest BCUT2D eigenvalue weighted by Gasteiger charge is -2.30. The van der Waals surface area contributed by atoms with Gasteiger partial charge in [0.2, 0.25) is 11.6 Å². The molecule has 0 spiro atoms. The fourth-order valence-corrected chi connectivity index (χ4v) is 3.64. The van der Waals surface area contributed by atoms with Crippen LogP contribution in [-0.4, -0.2) is 36.0 Å². The third kappa shape index (κ3) is 3.94. The van der Waals surface area contributed by atoms with Crippen molar-refractivity contribution in [2.45, 2.75) is 26.4 Å². The van der Waals surface area contributed by atoms with E-state index in [1.165, 1.54) is 12.1 Å². The zero-order valence-corrected chi connectivity index (χ0v) is 17.7. The van der Waals surface area contributed by atoms with Gasteiger partial charge >= 0.3 is 6.09 Å². The molecule has 0 saturated carbocycles. The molecule has 158 valence electrons. The van der Waals surface area contributed by atoms with E-state index in [0.717, 1.165) is 22.0 Å². The Kier molecular flexibility index (Phi) is 5.58. The normalized spacial score (nSPS) is 15.7. The standard InChI is InChI=1S/C24H24N4O3/c1-4-21-27(20-13-9-16(2)10-14-20)25-23(28(21)26-24(30)31-3)22(29)19-12-11-17-7-5-6-8-18(17)15-19/h5-15,21H,4H2,1-3H3,(H,26,30). The largest absolute Gasteiger partial charge is 0.452 e. The molecular formula is C24H24N4O3. The molecule has 3 aromatic rings. The molecule has 0 bridgehead atoms. The van der Waals surface area contributed by atoms with E-state index in [0.29, 0.717) is 12.0 Å². The lowest BCUT2D eigenvalue weighted by Crippen LogP contribution is -2.53. The average molecular weight is 416 g/mol. The second-order valence-corrected chi connectivity index (χ2v) is 7.36. The van der Waals surface area contributed by atoms with Crippen molar-refractivity contribution < 1.29 is 14.3 Å². The summed E-state index contributed by atoms with van der Waals surface area (Å²) in [5.41, 5.74) is 5.10. The number of Topliss-reactive ketones (excluding diaryl/α,β-unsaturated/α-hetero) is 1. The highest BCUT2D eigenvalue weighted by atomic mass is 16.5. The molecule has 1 atom stereocenters. The van der Waals surface area contributed by atoms with E-state index in [1.54, 1.807) is 11.1 Å². The van der Waals surface area contributed by atoms with E-state index >= 15 is 0 Å². The lowest BCUT2D eigenvalue weighted by molar-refractivity contribution is 0.103. The average Bonchev–Trinajstić information content (AvgIpc) is 3.16. The molecular weight excluding hydrogens is 392 g/mol. The van der Waals surface area contributed by atoms with Crippen molar-refractivity contribution in [2.75, 3.05) is 12.1 Å². The lowest BCUT2D eigenvalue weighted by atomic mass is 10.0. The number of fused-ring (bicyclic) bond motifs is 1. The summed E-state index contributed by atoms with van der Waals surface area (Å²) >= 11 is 0. The molecule has 7 heteroatoms. The van der Waals surface area contributed by atoms with Gasteiger partial charge < -0.3 is 4.74 Å². The highest BCUT2D eigenvalue weighted by Gasteiger charge is 2.39. The number of nitrogens with zero attached hydrogens (tertiary/aromatic N) is 3. The Morgan fingerprint density at radius 3 is 2.42 bits per heavy atom. The summed E-state index contributed by atoms with van der Waals surface area (Å²) in [5.74, 6) is -0.150. The van der Waals surface area contributed by atoms with Crippen LogP contribution in [-0.2, 0) is 4.74 Å². The van der Waals surface area contributed by atoms with Crippen LogP contribution in [0.15, 0.2) is 71.8 Å². The first-order chi connectivity index (χ1) is 15.0. The smallest absolute Gasteiger partial charge is 0.425 e. The van der Waals surface area contributed by atoms with Crippen LogP contribution < -0.4 is 10.4 Å². The van der Waals surface area contributed by atoms with Crippen molar-refractivity contribution in [1.82, 2.24) is 10.4 Å². The van der Waals surface area contributed by atoms with Crippen LogP contribution in [0.25, 0.3) is 10.8 Å². The molecule has 1 N–H and O–H groups in total. The first-order valence-electron chi connectivity index (χ1n) is 10.1. The Hall–Kier alpha value is -3.87. The fourth-order valence-electron chi connectivity index (χ4n) is 3.64. The molecule has 0 saturated heterocycles. The Labute approximate surface area is 180 Å². The minimum atomic E-state index is -0.664. The van der Waals surface area contributed by atoms with Crippen molar-refractivity contribution in [3.8, 4) is 0 Å². The van der Waals surface area contributed by atoms with E-state index in [4.69, 9.17) is 4.74 Å². The number of anilines is 1. The minimum Gasteiger partial charge on any atom is -0.452 e. The molecule has 1 heterocycles. The number of carbonyl (C=O) groups excluding carboxylic acids is 2. The number of methoxy groups -OCH3 is 1. The molecule has 31 heavy (non-hydrogen) atoms. The van der Waals surface area contributed by atoms with Gasteiger partial charge in [-0.05, 0) is 42.3 Å². The Morgan fingerprint density at radius 2 is 1.74 bits per heavy atom. The first kappa shape index (κ1) is 20.4. The Bertz CT molecular complexity index is 1160. The maximum Gasteiger partial charge on any atom is 0.425 e. The molecule has 4 rings (SSSR count). The number of rotatable bonds is 5. The number of amidine groups is 1. The summed E-state index contributed by atoms with van der Waals surface area (Å²) in [5, 5.41) is 9.87. The number of hydrogen-bond acceptors (Lipinski definition) is 6. The second kappa shape index (κ2) is 8.47. The molecule has 0 aliphatic carbocycles. The number of hydrazine groups is 1. The molecule has 0 radical (unpaired) electrons. The Morgan fingerprint density at radius 1 is 1.03 bits per heavy atom. The summed E-state index contributed by atoms with van der Waals surface area (Å²) in [6.45, 7) is 3.98. The Balaban J connectivity index is 1.75. The molecule has 7 nitrogen and oxygen atoms in total. The number of aryl methyl sites for hydroxylation is 1. The number of amides is 1. The van der Waals surface area contributed by atoms with E-state index < -0.39 is 6.09 Å². The van der Waals surface area contributed by atoms with Crippen LogP contribution >= 0.6 is 0 Å². The highest BCUT2D eigenvalue weighted by molar-refractivity contribution is 6.45. The monoisotopic (exact) mass is 416 g/mol. The maximum atomic E-state index is 13.5. The van der Waals surface area contributed by atoms with Crippen LogP contribution in [0.4, 0.5) is 10.5 Å². The van der Waals surface area contributed by atoms with Gasteiger partial charge in [0.25, 0.3) is 0 Å². The minimum absolute atomic E-state index is 0.133. The van der Waals surface area contributed by atoms with Gasteiger partial charge in [0.1, 0.15) is 6.17 Å². The number of carbonyl (C=O) groups is 2. The zero-order valence-electron chi connectivity index (χ0n) is 17.7. The van der Waals surface area contributed by atoms with Gasteiger partial charge in [-0.25, -0.2) is 20.2 Å². The van der Waals surface area contributed by atoms with Crippen LogP contribution in [0.3, 0.4) is 0 Å². The van der Waals surface area contributed by atoms with Crippen molar-refractivity contribution in [3.63, 3.8) is 0 Å². The first-order valence-corrected chi connectivity index (χ1v) is 10.1. The van der Waals surface area contributed by atoms with Gasteiger partial charge in [0.15, 0.2) is 0 Å². The van der Waals surface area contributed by atoms with Crippen LogP contribution in [0.1, 0.15) is 29.3 Å². The van der Waals surface area contributed by atoms with Gasteiger partial charge in [-0.3, -0.25) is 4.79 Å². The van der Waals surface area contributed by atoms with E-state index in [1.807, 2.05) is 74.5 Å². The predicted octanol–water partition coefficient (Wildman–Crippen LogP) is 4.47. The quantitative estimate of drug-likeness (QED) is 0.621. The van der Waals surface area contributed by atoms with Gasteiger partial charge in [-0.15, -0.1) is 5.10 Å². The van der Waals surface area contributed by atoms with Gasteiger partial charge in [-0.1, -0.05) is 61.0 Å². The fraction of sp³-hybridized carbons (Fsp3) is 0.208. The third-order valence-corrected chi connectivity index (χ3v) is 5.29. The molecule has 1 aliphatic heterocycles. The zero-order chi connectivity index (χ0) is 22.0. The van der Waals surface area contributed by atoms with Gasteiger partial charge in [-0.2, -0.15) is 0 Å². The van der Waals surface area contributed by atoms with Crippen LogP contribution in [0, 0.1) is 6.92 Å². The number of ether oxygens (including phenoxy) is 1. The second-order valence-electron chi connectivity index (χ2n) is 7.36. The summed E-state index contributed by atoms with van der Waals surface area (Å²) in [6.07, 6.45) is -0.431. The van der Waals surface area contributed by atoms with Crippen molar-refractivity contribution in [2.24, 2.45) is 5.10 Å². The molecule has 0 aromatic heterocycles. The van der Waals surface area contributed by atoms with E-state index in [2.05, 4.69) is 10.5 Å². The van der Waals surface area contributed by atoms with Crippen molar-refractivity contribution >= 4 is 34.2 Å². The molecule has 1 aliphatic rings. The summed E-state index contributed by atoms with van der Waals surface area (Å²) in [7, 11) is 1.28. The molecule has 1 unspecified atom stereocenters. The maximum absolute atomic E-state index is 13.5. The number of nitrogens with one attached hydrogen (secondary N) is 1. The van der Waals surface area contributed by atoms with Gasteiger partial charge in [0.05, 0.1) is 12.8 Å².